The average Bonchev–Trinajstić information content (AvgIpc) is 2.22. The quantitative estimate of drug-likeness (QED) is 0.403. The van der Waals surface area contributed by atoms with Crippen molar-refractivity contribution in [2.24, 2.45) is 0 Å². The van der Waals surface area contributed by atoms with E-state index in [1.54, 1.807) is 0 Å². The Bertz CT molecular complexity index is 381. The molecular formula is C9H18N2O6S. The molecule has 0 spiro atoms. The lowest BCUT2D eigenvalue weighted by atomic mass is 10.2. The van der Waals surface area contributed by atoms with Crippen molar-refractivity contribution in [3.63, 3.8) is 0 Å². The largest absolute Gasteiger partial charge is 0.480 e. The smallest absolute Gasteiger partial charge is 0.326 e. The lowest BCUT2D eigenvalue weighted by Gasteiger charge is -2.13. The van der Waals surface area contributed by atoms with Gasteiger partial charge in [-0.15, -0.1) is 0 Å². The SMILES string of the molecule is CS(=O)(=O)CCCNC(=O)N[C@@H](CCO)C(=O)O. The molecule has 0 saturated carbocycles. The Morgan fingerprint density at radius 3 is 2.39 bits per heavy atom. The van der Waals surface area contributed by atoms with Crippen molar-refractivity contribution in [1.29, 1.82) is 0 Å². The third kappa shape index (κ3) is 8.76. The van der Waals surface area contributed by atoms with E-state index in [4.69, 9.17) is 10.2 Å². The van der Waals surface area contributed by atoms with Gasteiger partial charge in [-0.3, -0.25) is 0 Å². The molecule has 18 heavy (non-hydrogen) atoms. The third-order valence-electron chi connectivity index (χ3n) is 2.00. The number of carboxylic acid groups (broad SMARTS) is 1. The zero-order valence-corrected chi connectivity index (χ0v) is 10.9. The molecule has 0 fully saturated rings. The number of nitrogens with one attached hydrogen (secondary N) is 2. The number of sulfone groups is 1. The summed E-state index contributed by atoms with van der Waals surface area (Å²) in [7, 11) is -3.07. The minimum Gasteiger partial charge on any atom is -0.480 e. The zero-order valence-electron chi connectivity index (χ0n) is 10.0. The number of amides is 2. The predicted octanol–water partition coefficient (Wildman–Crippen LogP) is -1.44. The third-order valence-corrected chi connectivity index (χ3v) is 3.03. The van der Waals surface area contributed by atoms with Crippen molar-refractivity contribution in [3.05, 3.63) is 0 Å². The van der Waals surface area contributed by atoms with Gasteiger partial charge < -0.3 is 20.8 Å². The second kappa shape index (κ2) is 7.88. The first-order chi connectivity index (χ1) is 8.26. The van der Waals surface area contributed by atoms with Gasteiger partial charge in [0.05, 0.1) is 5.75 Å². The van der Waals surface area contributed by atoms with Gasteiger partial charge in [0, 0.05) is 25.8 Å². The Kier molecular flexibility index (Phi) is 7.29. The summed E-state index contributed by atoms with van der Waals surface area (Å²) in [6, 6.07) is -1.87. The van der Waals surface area contributed by atoms with Gasteiger partial charge in [0.15, 0.2) is 0 Å². The van der Waals surface area contributed by atoms with Crippen molar-refractivity contribution in [2.75, 3.05) is 25.2 Å². The van der Waals surface area contributed by atoms with Crippen molar-refractivity contribution in [3.8, 4) is 0 Å². The van der Waals surface area contributed by atoms with Crippen LogP contribution in [0.4, 0.5) is 4.79 Å². The summed E-state index contributed by atoms with van der Waals surface area (Å²) < 4.78 is 21.6. The number of urea groups is 1. The highest BCUT2D eigenvalue weighted by Crippen LogP contribution is 1.91. The van der Waals surface area contributed by atoms with Crippen LogP contribution in [0.1, 0.15) is 12.8 Å². The lowest BCUT2D eigenvalue weighted by Crippen LogP contribution is -2.46. The van der Waals surface area contributed by atoms with Gasteiger partial charge in [-0.05, 0) is 6.42 Å². The first-order valence-electron chi connectivity index (χ1n) is 5.32. The fraction of sp³-hybridized carbons (Fsp3) is 0.778. The molecule has 0 unspecified atom stereocenters. The maximum atomic E-state index is 11.2. The van der Waals surface area contributed by atoms with Gasteiger partial charge in [0.2, 0.25) is 0 Å². The van der Waals surface area contributed by atoms with Gasteiger partial charge in [-0.2, -0.15) is 0 Å². The number of carbonyl (C=O) groups excluding carboxylic acids is 1. The summed E-state index contributed by atoms with van der Waals surface area (Å²) in [5.74, 6) is -1.29. The molecule has 0 aromatic carbocycles. The van der Waals surface area contributed by atoms with Gasteiger partial charge in [0.25, 0.3) is 0 Å². The topological polar surface area (TPSA) is 133 Å². The Morgan fingerprint density at radius 1 is 1.33 bits per heavy atom. The van der Waals surface area contributed by atoms with Crippen molar-refractivity contribution >= 4 is 21.8 Å². The van der Waals surface area contributed by atoms with E-state index < -0.39 is 27.9 Å². The van der Waals surface area contributed by atoms with Crippen LogP contribution in [0, 0.1) is 0 Å². The van der Waals surface area contributed by atoms with Gasteiger partial charge in [-0.1, -0.05) is 0 Å². The van der Waals surface area contributed by atoms with E-state index in [0.29, 0.717) is 0 Å². The Morgan fingerprint density at radius 2 is 1.94 bits per heavy atom. The molecule has 106 valence electrons. The van der Waals surface area contributed by atoms with Crippen LogP contribution in [0.2, 0.25) is 0 Å². The highest BCUT2D eigenvalue weighted by Gasteiger charge is 2.18. The van der Waals surface area contributed by atoms with Crippen LogP contribution in [0.15, 0.2) is 0 Å². The van der Waals surface area contributed by atoms with E-state index in [1.807, 2.05) is 0 Å². The molecule has 0 aromatic heterocycles. The minimum absolute atomic E-state index is 0.0493. The molecule has 0 bridgehead atoms. The van der Waals surface area contributed by atoms with E-state index in [9.17, 15) is 18.0 Å². The number of aliphatic hydroxyl groups is 1. The second-order valence-corrected chi connectivity index (χ2v) is 6.05. The van der Waals surface area contributed by atoms with Gasteiger partial charge in [0.1, 0.15) is 15.9 Å². The van der Waals surface area contributed by atoms with E-state index >= 15 is 0 Å². The molecular weight excluding hydrogens is 264 g/mol. The number of hydrogen-bond acceptors (Lipinski definition) is 5. The molecule has 9 heteroatoms. The van der Waals surface area contributed by atoms with E-state index in [0.717, 1.165) is 6.26 Å². The van der Waals surface area contributed by atoms with Crippen LogP contribution in [0.25, 0.3) is 0 Å². The summed E-state index contributed by atoms with van der Waals surface area (Å²) in [5, 5.41) is 21.8. The summed E-state index contributed by atoms with van der Waals surface area (Å²) >= 11 is 0. The minimum atomic E-state index is -3.07. The predicted molar refractivity (Wildman–Crippen MR) is 64.0 cm³/mol. The van der Waals surface area contributed by atoms with Crippen LogP contribution in [0.3, 0.4) is 0 Å². The van der Waals surface area contributed by atoms with E-state index in [-0.39, 0.29) is 31.7 Å². The van der Waals surface area contributed by atoms with Crippen molar-refractivity contribution in [2.45, 2.75) is 18.9 Å². The van der Waals surface area contributed by atoms with Crippen molar-refractivity contribution < 1.29 is 28.2 Å². The average molecular weight is 282 g/mol. The lowest BCUT2D eigenvalue weighted by molar-refractivity contribution is -0.139. The maximum Gasteiger partial charge on any atom is 0.326 e. The highest BCUT2D eigenvalue weighted by atomic mass is 32.2. The zero-order chi connectivity index (χ0) is 14.2. The van der Waals surface area contributed by atoms with Crippen LogP contribution in [-0.4, -0.2) is 61.8 Å². The number of carbonyl (C=O) groups is 2. The number of hydrogen-bond donors (Lipinski definition) is 4. The molecule has 2 amide bonds. The van der Waals surface area contributed by atoms with Crippen molar-refractivity contribution in [1.82, 2.24) is 10.6 Å². The summed E-state index contributed by atoms with van der Waals surface area (Å²) in [4.78, 5) is 21.9. The Balaban J connectivity index is 3.92. The first-order valence-corrected chi connectivity index (χ1v) is 7.38. The summed E-state index contributed by atoms with van der Waals surface area (Å²) in [5.41, 5.74) is 0. The molecule has 4 N–H and O–H groups in total. The number of carboxylic acids is 1. The summed E-state index contributed by atoms with van der Waals surface area (Å²) in [6.45, 7) is -0.226. The molecule has 0 aliphatic rings. The molecule has 0 aliphatic carbocycles. The van der Waals surface area contributed by atoms with Crippen LogP contribution < -0.4 is 10.6 Å². The Labute approximate surface area is 105 Å². The molecule has 0 radical (unpaired) electrons. The normalized spacial score (nSPS) is 12.8. The van der Waals surface area contributed by atoms with Crippen LogP contribution in [0.5, 0.6) is 0 Å². The number of aliphatic carboxylic acids is 1. The van der Waals surface area contributed by atoms with Crippen LogP contribution >= 0.6 is 0 Å². The number of aliphatic hydroxyl groups excluding tert-OH is 1. The first kappa shape index (κ1) is 16.6. The molecule has 0 aromatic rings. The fourth-order valence-corrected chi connectivity index (χ4v) is 1.80. The fourth-order valence-electron chi connectivity index (χ4n) is 1.13. The van der Waals surface area contributed by atoms with Gasteiger partial charge in [-0.25, -0.2) is 18.0 Å². The highest BCUT2D eigenvalue weighted by molar-refractivity contribution is 7.90. The Hall–Kier alpha value is -1.35. The van der Waals surface area contributed by atoms with E-state index in [1.165, 1.54) is 0 Å². The van der Waals surface area contributed by atoms with Crippen LogP contribution in [-0.2, 0) is 14.6 Å². The molecule has 0 aliphatic heterocycles. The molecule has 0 rings (SSSR count). The molecule has 8 nitrogen and oxygen atoms in total. The maximum absolute atomic E-state index is 11.2. The molecule has 1 atom stereocenters. The number of rotatable bonds is 8. The molecule has 0 heterocycles. The molecule has 0 saturated heterocycles. The summed E-state index contributed by atoms with van der Waals surface area (Å²) in [6.07, 6.45) is 1.25. The van der Waals surface area contributed by atoms with Gasteiger partial charge >= 0.3 is 12.0 Å². The van der Waals surface area contributed by atoms with E-state index in [2.05, 4.69) is 10.6 Å². The monoisotopic (exact) mass is 282 g/mol. The second-order valence-electron chi connectivity index (χ2n) is 3.79. The standard InChI is InChI=1S/C9H18N2O6S/c1-18(16,17)6-2-4-10-9(15)11-7(3-5-12)8(13)14/h7,12H,2-6H2,1H3,(H,13,14)(H2,10,11,15)/t7-/m0/s1.